The average molecular weight is 501 g/mol. The lowest BCUT2D eigenvalue weighted by atomic mass is 10.0. The summed E-state index contributed by atoms with van der Waals surface area (Å²) >= 11 is 6.01. The van der Waals surface area contributed by atoms with Gasteiger partial charge in [-0.25, -0.2) is 0 Å². The van der Waals surface area contributed by atoms with Crippen molar-refractivity contribution in [2.45, 2.75) is 11.3 Å². The SMILES string of the molecule is COc1ccc(Cl)cc1C(=O)NCCc1ccc(-c2cccnc2)c(S(=O)(=O)/N=C/N(C)C)c1. The van der Waals surface area contributed by atoms with Gasteiger partial charge >= 0.3 is 0 Å². The van der Waals surface area contributed by atoms with Crippen LogP contribution in [0.15, 0.2) is 70.2 Å². The van der Waals surface area contributed by atoms with E-state index in [0.29, 0.717) is 33.9 Å². The zero-order valence-corrected chi connectivity index (χ0v) is 20.6. The lowest BCUT2D eigenvalue weighted by Crippen LogP contribution is -2.26. The third-order valence-corrected chi connectivity index (χ3v) is 6.32. The van der Waals surface area contributed by atoms with Gasteiger partial charge in [0.1, 0.15) is 12.1 Å². The minimum absolute atomic E-state index is 0.0685. The van der Waals surface area contributed by atoms with Crippen molar-refractivity contribution in [3.05, 3.63) is 77.1 Å². The maximum atomic E-state index is 13.0. The van der Waals surface area contributed by atoms with Crippen molar-refractivity contribution in [1.82, 2.24) is 15.2 Å². The van der Waals surface area contributed by atoms with Crippen LogP contribution in [0, 0.1) is 0 Å². The summed E-state index contributed by atoms with van der Waals surface area (Å²) < 4.78 is 35.0. The van der Waals surface area contributed by atoms with E-state index >= 15 is 0 Å². The summed E-state index contributed by atoms with van der Waals surface area (Å²) in [4.78, 5) is 18.3. The van der Waals surface area contributed by atoms with Crippen LogP contribution in [0.4, 0.5) is 0 Å². The molecule has 0 spiro atoms. The van der Waals surface area contributed by atoms with E-state index in [-0.39, 0.29) is 17.3 Å². The second-order valence-electron chi connectivity index (χ2n) is 7.58. The van der Waals surface area contributed by atoms with Crippen molar-refractivity contribution in [3.63, 3.8) is 0 Å². The number of nitrogens with zero attached hydrogens (tertiary/aromatic N) is 3. The van der Waals surface area contributed by atoms with Gasteiger partial charge in [0, 0.05) is 49.2 Å². The maximum Gasteiger partial charge on any atom is 0.284 e. The molecule has 1 amide bonds. The van der Waals surface area contributed by atoms with Crippen molar-refractivity contribution in [2.24, 2.45) is 4.40 Å². The summed E-state index contributed by atoms with van der Waals surface area (Å²) in [6.45, 7) is 0.279. The molecule has 10 heteroatoms. The summed E-state index contributed by atoms with van der Waals surface area (Å²) in [6, 6.07) is 13.5. The van der Waals surface area contributed by atoms with E-state index < -0.39 is 10.0 Å². The van der Waals surface area contributed by atoms with Crippen LogP contribution in [0.2, 0.25) is 5.02 Å². The molecule has 8 nitrogen and oxygen atoms in total. The van der Waals surface area contributed by atoms with Crippen LogP contribution in [0.5, 0.6) is 5.75 Å². The first-order valence-electron chi connectivity index (χ1n) is 10.3. The van der Waals surface area contributed by atoms with Crippen LogP contribution < -0.4 is 10.1 Å². The van der Waals surface area contributed by atoms with Crippen molar-refractivity contribution < 1.29 is 17.9 Å². The van der Waals surface area contributed by atoms with Gasteiger partial charge in [-0.2, -0.15) is 8.42 Å². The molecule has 178 valence electrons. The van der Waals surface area contributed by atoms with Gasteiger partial charge in [0.15, 0.2) is 0 Å². The van der Waals surface area contributed by atoms with E-state index in [1.165, 1.54) is 19.5 Å². The number of aromatic nitrogens is 1. The number of halogens is 1. The molecular weight excluding hydrogens is 476 g/mol. The van der Waals surface area contributed by atoms with Crippen molar-refractivity contribution in [1.29, 1.82) is 0 Å². The topological polar surface area (TPSA) is 101 Å². The van der Waals surface area contributed by atoms with E-state index in [1.54, 1.807) is 67.8 Å². The highest BCUT2D eigenvalue weighted by Crippen LogP contribution is 2.29. The van der Waals surface area contributed by atoms with Crippen LogP contribution in [-0.4, -0.2) is 58.3 Å². The predicted molar refractivity (Wildman–Crippen MR) is 133 cm³/mol. The quantitative estimate of drug-likeness (QED) is 0.355. The van der Waals surface area contributed by atoms with Gasteiger partial charge in [0.2, 0.25) is 0 Å². The van der Waals surface area contributed by atoms with Gasteiger partial charge in [-0.1, -0.05) is 29.8 Å². The Bertz CT molecular complexity index is 1300. The molecule has 3 rings (SSSR count). The molecule has 0 atom stereocenters. The van der Waals surface area contributed by atoms with Gasteiger partial charge in [-0.3, -0.25) is 9.78 Å². The number of carbonyl (C=O) groups excluding carboxylic acids is 1. The Labute approximate surface area is 204 Å². The number of hydrogen-bond donors (Lipinski definition) is 1. The maximum absolute atomic E-state index is 13.0. The number of carbonyl (C=O) groups is 1. The molecule has 34 heavy (non-hydrogen) atoms. The summed E-state index contributed by atoms with van der Waals surface area (Å²) in [6.07, 6.45) is 4.87. The minimum atomic E-state index is -3.97. The predicted octanol–water partition coefficient (Wildman–Crippen LogP) is 3.66. The molecule has 0 aliphatic carbocycles. The molecular formula is C24H25ClN4O4S. The molecule has 1 aromatic heterocycles. The highest BCUT2D eigenvalue weighted by atomic mass is 35.5. The zero-order chi connectivity index (χ0) is 24.7. The van der Waals surface area contributed by atoms with Gasteiger partial charge in [0.05, 0.1) is 17.6 Å². The van der Waals surface area contributed by atoms with E-state index in [9.17, 15) is 13.2 Å². The van der Waals surface area contributed by atoms with Gasteiger partial charge in [-0.15, -0.1) is 4.40 Å². The van der Waals surface area contributed by atoms with Crippen molar-refractivity contribution in [2.75, 3.05) is 27.7 Å². The molecule has 0 fully saturated rings. The number of sulfonamides is 1. The number of nitrogens with one attached hydrogen (secondary N) is 1. The third-order valence-electron chi connectivity index (χ3n) is 4.82. The molecule has 0 saturated carbocycles. The molecule has 1 N–H and O–H groups in total. The van der Waals surface area contributed by atoms with Crippen LogP contribution in [0.3, 0.4) is 0 Å². The number of pyridine rings is 1. The first kappa shape index (κ1) is 25.2. The van der Waals surface area contributed by atoms with Crippen molar-refractivity contribution >= 4 is 33.9 Å². The zero-order valence-electron chi connectivity index (χ0n) is 19.0. The number of hydrogen-bond acceptors (Lipinski definition) is 5. The minimum Gasteiger partial charge on any atom is -0.496 e. The third kappa shape index (κ3) is 6.33. The first-order valence-corrected chi connectivity index (χ1v) is 12.1. The summed E-state index contributed by atoms with van der Waals surface area (Å²) in [7, 11) is 0.883. The number of methoxy groups -OCH3 is 1. The number of ether oxygens (including phenoxy) is 1. The number of amides is 1. The Kier molecular flexibility index (Phi) is 8.25. The molecule has 0 saturated heterocycles. The number of benzene rings is 2. The number of rotatable bonds is 9. The lowest BCUT2D eigenvalue weighted by Gasteiger charge is -2.12. The van der Waals surface area contributed by atoms with Crippen molar-refractivity contribution in [3.8, 4) is 16.9 Å². The lowest BCUT2D eigenvalue weighted by molar-refractivity contribution is 0.0951. The van der Waals surface area contributed by atoms with Crippen LogP contribution in [-0.2, 0) is 16.4 Å². The largest absolute Gasteiger partial charge is 0.496 e. The molecule has 1 heterocycles. The highest BCUT2D eigenvalue weighted by molar-refractivity contribution is 7.90. The average Bonchev–Trinajstić information content (AvgIpc) is 2.83. The summed E-state index contributed by atoms with van der Waals surface area (Å²) in [5.41, 5.74) is 2.21. The van der Waals surface area contributed by atoms with Crippen LogP contribution in [0.1, 0.15) is 15.9 Å². The fourth-order valence-corrected chi connectivity index (χ4v) is 4.55. The van der Waals surface area contributed by atoms with Gasteiger partial charge in [0.25, 0.3) is 15.9 Å². The second kappa shape index (κ2) is 11.1. The molecule has 2 aromatic carbocycles. The Hall–Kier alpha value is -3.43. The molecule has 0 aliphatic rings. The fourth-order valence-electron chi connectivity index (χ4n) is 3.18. The normalized spacial score (nSPS) is 11.4. The Morgan fingerprint density at radius 2 is 2.00 bits per heavy atom. The molecule has 3 aromatic rings. The Morgan fingerprint density at radius 3 is 2.68 bits per heavy atom. The highest BCUT2D eigenvalue weighted by Gasteiger charge is 2.20. The molecule has 0 aliphatic heterocycles. The van der Waals surface area contributed by atoms with Crippen LogP contribution >= 0.6 is 11.6 Å². The van der Waals surface area contributed by atoms with Gasteiger partial charge in [-0.05, 0) is 42.3 Å². The monoisotopic (exact) mass is 500 g/mol. The Balaban J connectivity index is 1.85. The van der Waals surface area contributed by atoms with Crippen LogP contribution in [0.25, 0.3) is 11.1 Å². The summed E-state index contributed by atoms with van der Waals surface area (Å²) in [5, 5.41) is 3.24. The van der Waals surface area contributed by atoms with Gasteiger partial charge < -0.3 is 15.0 Å². The Morgan fingerprint density at radius 1 is 1.21 bits per heavy atom. The molecule has 0 radical (unpaired) electrons. The van der Waals surface area contributed by atoms with E-state index in [4.69, 9.17) is 16.3 Å². The first-order chi connectivity index (χ1) is 16.2. The second-order valence-corrected chi connectivity index (χ2v) is 9.62. The molecule has 0 unspecified atom stereocenters. The van der Waals surface area contributed by atoms with E-state index in [1.807, 2.05) is 6.07 Å². The van der Waals surface area contributed by atoms with E-state index in [2.05, 4.69) is 14.7 Å². The standard InChI is InChI=1S/C24H25ClN4O4S/c1-29(2)16-28-34(31,32)23-13-17(6-8-20(23)18-5-4-11-26-15-18)10-12-27-24(30)21-14-19(25)7-9-22(21)33-3/h4-9,11,13-16H,10,12H2,1-3H3,(H,27,30)/b28-16+. The fraction of sp³-hybridized carbons (Fsp3) is 0.208. The smallest absolute Gasteiger partial charge is 0.284 e. The van der Waals surface area contributed by atoms with E-state index in [0.717, 1.165) is 5.56 Å². The summed E-state index contributed by atoms with van der Waals surface area (Å²) in [5.74, 6) is 0.0737. The molecule has 0 bridgehead atoms.